The van der Waals surface area contributed by atoms with Crippen molar-refractivity contribution in [1.82, 2.24) is 0 Å². The Morgan fingerprint density at radius 2 is 2.00 bits per heavy atom. The zero-order valence-electron chi connectivity index (χ0n) is 10.7. The smallest absolute Gasteiger partial charge is 0.346 e. The van der Waals surface area contributed by atoms with E-state index in [1.165, 1.54) is 17.4 Å². The molecular weight excluding hydrogens is 274 g/mol. The van der Waals surface area contributed by atoms with Crippen LogP contribution in [-0.4, -0.2) is 18.2 Å². The number of carboxylic acids is 1. The normalized spacial score (nSPS) is 10.9. The molecule has 4 nitrogen and oxygen atoms in total. The molecule has 1 N–H and O–H groups in total. The molecule has 0 saturated carbocycles. The summed E-state index contributed by atoms with van der Waals surface area (Å²) in [5.41, 5.74) is 0.748. The van der Waals surface area contributed by atoms with E-state index in [0.29, 0.717) is 0 Å². The number of carboxylic acid groups (broad SMARTS) is 1. The molecule has 0 aliphatic carbocycles. The summed E-state index contributed by atoms with van der Waals surface area (Å²) in [6, 6.07) is 12.9. The summed E-state index contributed by atoms with van der Waals surface area (Å²) >= 11 is 1.43. The molecule has 0 radical (unpaired) electrons. The summed E-state index contributed by atoms with van der Waals surface area (Å²) in [6.07, 6.45) is 1.38. The molecular formula is C15H11NO3S. The van der Waals surface area contributed by atoms with E-state index in [-0.39, 0.29) is 5.57 Å². The van der Waals surface area contributed by atoms with Crippen LogP contribution >= 0.6 is 11.3 Å². The molecule has 0 aliphatic heterocycles. The van der Waals surface area contributed by atoms with Gasteiger partial charge in [0.15, 0.2) is 0 Å². The van der Waals surface area contributed by atoms with Crippen molar-refractivity contribution in [2.24, 2.45) is 0 Å². The first kappa shape index (κ1) is 13.8. The number of methoxy groups -OCH3 is 1. The van der Waals surface area contributed by atoms with Crippen molar-refractivity contribution in [2.45, 2.75) is 0 Å². The molecule has 0 aliphatic rings. The van der Waals surface area contributed by atoms with Gasteiger partial charge in [-0.3, -0.25) is 0 Å². The van der Waals surface area contributed by atoms with Crippen molar-refractivity contribution in [1.29, 1.82) is 5.26 Å². The molecule has 0 atom stereocenters. The number of rotatable bonds is 4. The average molecular weight is 285 g/mol. The highest BCUT2D eigenvalue weighted by molar-refractivity contribution is 7.16. The van der Waals surface area contributed by atoms with Crippen molar-refractivity contribution in [3.8, 4) is 22.3 Å². The largest absolute Gasteiger partial charge is 0.497 e. The van der Waals surface area contributed by atoms with Gasteiger partial charge in [0, 0.05) is 9.75 Å². The van der Waals surface area contributed by atoms with Crippen LogP contribution in [-0.2, 0) is 4.79 Å². The highest BCUT2D eigenvalue weighted by Crippen LogP contribution is 2.30. The first-order chi connectivity index (χ1) is 9.63. The number of benzene rings is 1. The Morgan fingerprint density at radius 3 is 2.55 bits per heavy atom. The van der Waals surface area contributed by atoms with Gasteiger partial charge in [0.05, 0.1) is 7.11 Å². The lowest BCUT2D eigenvalue weighted by Crippen LogP contribution is -1.96. The van der Waals surface area contributed by atoms with Crippen molar-refractivity contribution < 1.29 is 14.6 Å². The Hall–Kier alpha value is -2.58. The van der Waals surface area contributed by atoms with Gasteiger partial charge in [0.25, 0.3) is 0 Å². The number of hydrogen-bond donors (Lipinski definition) is 1. The van der Waals surface area contributed by atoms with Crippen LogP contribution in [0.3, 0.4) is 0 Å². The lowest BCUT2D eigenvalue weighted by atomic mass is 10.2. The lowest BCUT2D eigenvalue weighted by Gasteiger charge is -2.00. The van der Waals surface area contributed by atoms with Gasteiger partial charge in [-0.25, -0.2) is 4.79 Å². The second-order valence-corrected chi connectivity index (χ2v) is 5.02. The third-order valence-electron chi connectivity index (χ3n) is 2.64. The van der Waals surface area contributed by atoms with E-state index in [2.05, 4.69) is 0 Å². The Labute approximate surface area is 120 Å². The van der Waals surface area contributed by atoms with Gasteiger partial charge >= 0.3 is 5.97 Å². The Morgan fingerprint density at radius 1 is 1.30 bits per heavy atom. The summed E-state index contributed by atoms with van der Waals surface area (Å²) in [6.45, 7) is 0. The molecule has 0 saturated heterocycles. The van der Waals surface area contributed by atoms with Crippen LogP contribution in [0.15, 0.2) is 42.0 Å². The quantitative estimate of drug-likeness (QED) is 0.690. The number of aliphatic carboxylic acids is 1. The van der Waals surface area contributed by atoms with E-state index in [1.807, 2.05) is 30.3 Å². The number of ether oxygens (including phenoxy) is 1. The SMILES string of the molecule is COc1ccc(-c2ccc(/C=C(\C#N)C(=O)O)s2)cc1. The molecule has 0 amide bonds. The average Bonchev–Trinajstić information content (AvgIpc) is 2.93. The Kier molecular flexibility index (Phi) is 4.18. The molecule has 0 unspecified atom stereocenters. The van der Waals surface area contributed by atoms with Crippen molar-refractivity contribution in [3.05, 3.63) is 46.8 Å². The third-order valence-corrected chi connectivity index (χ3v) is 3.72. The Balaban J connectivity index is 2.29. The van der Waals surface area contributed by atoms with Gasteiger partial charge in [0.2, 0.25) is 0 Å². The minimum absolute atomic E-state index is 0.270. The van der Waals surface area contributed by atoms with Crippen LogP contribution in [0.4, 0.5) is 0 Å². The van der Waals surface area contributed by atoms with E-state index < -0.39 is 5.97 Å². The van der Waals surface area contributed by atoms with Crippen LogP contribution in [0, 0.1) is 11.3 Å². The van der Waals surface area contributed by atoms with Crippen LogP contribution < -0.4 is 4.74 Å². The highest BCUT2D eigenvalue weighted by Gasteiger charge is 2.08. The molecule has 1 aromatic heterocycles. The van der Waals surface area contributed by atoms with Gasteiger partial charge in [-0.1, -0.05) is 0 Å². The predicted molar refractivity (Wildman–Crippen MR) is 77.5 cm³/mol. The highest BCUT2D eigenvalue weighted by atomic mass is 32.1. The van der Waals surface area contributed by atoms with Crippen molar-refractivity contribution in [2.75, 3.05) is 7.11 Å². The van der Waals surface area contributed by atoms with Gasteiger partial charge in [-0.05, 0) is 48.0 Å². The lowest BCUT2D eigenvalue weighted by molar-refractivity contribution is -0.132. The third kappa shape index (κ3) is 3.05. The molecule has 1 aromatic carbocycles. The molecule has 2 rings (SSSR count). The topological polar surface area (TPSA) is 70.3 Å². The maximum absolute atomic E-state index is 10.8. The molecule has 1 heterocycles. The summed E-state index contributed by atoms with van der Waals surface area (Å²) in [7, 11) is 1.61. The second-order valence-electron chi connectivity index (χ2n) is 3.91. The van der Waals surface area contributed by atoms with Crippen LogP contribution in [0.5, 0.6) is 5.75 Å². The number of hydrogen-bond acceptors (Lipinski definition) is 4. The molecule has 0 spiro atoms. The minimum atomic E-state index is -1.22. The molecule has 2 aromatic rings. The summed E-state index contributed by atoms with van der Waals surface area (Å²) in [4.78, 5) is 12.5. The van der Waals surface area contributed by atoms with E-state index in [9.17, 15) is 4.79 Å². The maximum Gasteiger partial charge on any atom is 0.346 e. The predicted octanol–water partition coefficient (Wildman–Crippen LogP) is 3.42. The van der Waals surface area contributed by atoms with Crippen molar-refractivity contribution in [3.63, 3.8) is 0 Å². The van der Waals surface area contributed by atoms with Gasteiger partial charge < -0.3 is 9.84 Å². The fourth-order valence-corrected chi connectivity index (χ4v) is 2.58. The van der Waals surface area contributed by atoms with Gasteiger partial charge in [-0.15, -0.1) is 11.3 Å². The molecule has 20 heavy (non-hydrogen) atoms. The molecule has 100 valence electrons. The molecule has 0 fully saturated rings. The number of nitrogens with zero attached hydrogens (tertiary/aromatic N) is 1. The van der Waals surface area contributed by atoms with Crippen LogP contribution in [0.2, 0.25) is 0 Å². The van der Waals surface area contributed by atoms with E-state index in [0.717, 1.165) is 21.1 Å². The summed E-state index contributed by atoms with van der Waals surface area (Å²) in [5.74, 6) is -0.435. The maximum atomic E-state index is 10.8. The first-order valence-corrected chi connectivity index (χ1v) is 6.55. The molecule has 0 bridgehead atoms. The van der Waals surface area contributed by atoms with Crippen LogP contribution in [0.25, 0.3) is 16.5 Å². The summed E-state index contributed by atoms with van der Waals surface area (Å²) < 4.78 is 5.10. The number of thiophene rings is 1. The number of carbonyl (C=O) groups is 1. The van der Waals surface area contributed by atoms with E-state index in [1.54, 1.807) is 19.2 Å². The minimum Gasteiger partial charge on any atom is -0.497 e. The monoisotopic (exact) mass is 285 g/mol. The Bertz CT molecular complexity index is 693. The fourth-order valence-electron chi connectivity index (χ4n) is 1.62. The number of nitriles is 1. The summed E-state index contributed by atoms with van der Waals surface area (Å²) in [5, 5.41) is 17.5. The fraction of sp³-hybridized carbons (Fsp3) is 0.0667. The first-order valence-electron chi connectivity index (χ1n) is 5.73. The van der Waals surface area contributed by atoms with Gasteiger partial charge in [0.1, 0.15) is 17.4 Å². The molecule has 5 heteroatoms. The van der Waals surface area contributed by atoms with Crippen molar-refractivity contribution >= 4 is 23.4 Å². The van der Waals surface area contributed by atoms with Crippen LogP contribution in [0.1, 0.15) is 4.88 Å². The zero-order chi connectivity index (χ0) is 14.5. The standard InChI is InChI=1S/C15H11NO3S/c1-19-12-4-2-10(3-5-12)14-7-6-13(20-14)8-11(9-16)15(17)18/h2-8H,1H3,(H,17,18)/b11-8+. The second kappa shape index (κ2) is 6.04. The van der Waals surface area contributed by atoms with Gasteiger partial charge in [-0.2, -0.15) is 5.26 Å². The van der Waals surface area contributed by atoms with E-state index in [4.69, 9.17) is 15.1 Å². The zero-order valence-corrected chi connectivity index (χ0v) is 11.5. The van der Waals surface area contributed by atoms with E-state index >= 15 is 0 Å².